The molecule has 0 amide bonds. The molecule has 3 heterocycles. The Bertz CT molecular complexity index is 904. The third-order valence-corrected chi connectivity index (χ3v) is 6.35. The number of thiophene rings is 1. The van der Waals surface area contributed by atoms with Crippen molar-refractivity contribution in [3.8, 4) is 11.1 Å². The number of benzene rings is 1. The summed E-state index contributed by atoms with van der Waals surface area (Å²) in [6.45, 7) is 4.04. The SMILES string of the molecule is Cc1sccc1-c1cc(Cl)cc2ncn(CCC[C@H]3NCCC[C@@H]3O)c12. The first-order chi connectivity index (χ1) is 12.6. The van der Waals surface area contributed by atoms with Crippen LogP contribution in [-0.2, 0) is 6.54 Å². The van der Waals surface area contributed by atoms with E-state index in [1.54, 1.807) is 11.3 Å². The lowest BCUT2D eigenvalue weighted by atomic mass is 9.97. The molecule has 0 bridgehead atoms. The molecule has 4 rings (SSSR count). The van der Waals surface area contributed by atoms with Crippen molar-refractivity contribution in [1.29, 1.82) is 0 Å². The average molecular weight is 390 g/mol. The molecule has 1 saturated heterocycles. The van der Waals surface area contributed by atoms with Crippen molar-refractivity contribution < 1.29 is 5.11 Å². The predicted octanol–water partition coefficient (Wildman–Crippen LogP) is 4.62. The molecule has 2 atom stereocenters. The standard InChI is InChI=1S/C20H24ClN3OS/c1-13-15(6-9-26-13)16-10-14(21)11-18-20(16)24(12-23-18)8-3-4-17-19(25)5-2-7-22-17/h6,9-12,17,19,22,25H,2-5,7-8H2,1H3/t17-,19+/m1/s1. The van der Waals surface area contributed by atoms with Crippen molar-refractivity contribution in [1.82, 2.24) is 14.9 Å². The van der Waals surface area contributed by atoms with Crippen LogP contribution in [0.3, 0.4) is 0 Å². The second-order valence-electron chi connectivity index (χ2n) is 7.06. The predicted molar refractivity (Wildman–Crippen MR) is 109 cm³/mol. The molecule has 138 valence electrons. The number of aromatic nitrogens is 2. The van der Waals surface area contributed by atoms with E-state index in [9.17, 15) is 5.11 Å². The maximum absolute atomic E-state index is 10.1. The van der Waals surface area contributed by atoms with Crippen LogP contribution in [-0.4, -0.2) is 33.3 Å². The number of nitrogens with one attached hydrogen (secondary N) is 1. The second kappa shape index (κ2) is 7.69. The van der Waals surface area contributed by atoms with E-state index in [1.165, 1.54) is 10.4 Å². The molecule has 6 heteroatoms. The van der Waals surface area contributed by atoms with Crippen LogP contribution < -0.4 is 5.32 Å². The average Bonchev–Trinajstić information content (AvgIpc) is 3.22. The van der Waals surface area contributed by atoms with Crippen molar-refractivity contribution in [2.75, 3.05) is 6.54 Å². The highest BCUT2D eigenvalue weighted by Gasteiger charge is 2.22. The first-order valence-corrected chi connectivity index (χ1v) is 10.5. The number of aryl methyl sites for hydroxylation is 2. The minimum atomic E-state index is -0.217. The summed E-state index contributed by atoms with van der Waals surface area (Å²) < 4.78 is 2.23. The number of nitrogens with zero attached hydrogens (tertiary/aromatic N) is 2. The summed E-state index contributed by atoms with van der Waals surface area (Å²) in [7, 11) is 0. The van der Waals surface area contributed by atoms with E-state index in [4.69, 9.17) is 11.6 Å². The Morgan fingerprint density at radius 1 is 1.38 bits per heavy atom. The maximum Gasteiger partial charge on any atom is 0.0958 e. The molecule has 0 spiro atoms. The molecule has 2 N–H and O–H groups in total. The lowest BCUT2D eigenvalue weighted by Crippen LogP contribution is -2.44. The zero-order valence-electron chi connectivity index (χ0n) is 14.9. The van der Waals surface area contributed by atoms with Crippen LogP contribution in [0.4, 0.5) is 0 Å². The molecule has 4 nitrogen and oxygen atoms in total. The van der Waals surface area contributed by atoms with Gasteiger partial charge in [-0.25, -0.2) is 4.98 Å². The van der Waals surface area contributed by atoms with Crippen LogP contribution in [0.5, 0.6) is 0 Å². The molecular weight excluding hydrogens is 366 g/mol. The summed E-state index contributed by atoms with van der Waals surface area (Å²) in [5.41, 5.74) is 4.47. The van der Waals surface area contributed by atoms with Gasteiger partial charge in [0, 0.05) is 28.0 Å². The zero-order chi connectivity index (χ0) is 18.1. The quantitative estimate of drug-likeness (QED) is 0.669. The Morgan fingerprint density at radius 3 is 3.04 bits per heavy atom. The van der Waals surface area contributed by atoms with Gasteiger partial charge in [0.1, 0.15) is 0 Å². The minimum absolute atomic E-state index is 0.214. The number of piperidine rings is 1. The van der Waals surface area contributed by atoms with E-state index in [0.717, 1.165) is 60.4 Å². The van der Waals surface area contributed by atoms with Gasteiger partial charge in [0.05, 0.1) is 23.5 Å². The van der Waals surface area contributed by atoms with Crippen LogP contribution >= 0.6 is 22.9 Å². The van der Waals surface area contributed by atoms with E-state index < -0.39 is 0 Å². The molecule has 1 aliphatic rings. The topological polar surface area (TPSA) is 50.1 Å². The van der Waals surface area contributed by atoms with Gasteiger partial charge in [-0.3, -0.25) is 0 Å². The molecule has 2 aromatic heterocycles. The minimum Gasteiger partial charge on any atom is -0.392 e. The first kappa shape index (κ1) is 18.0. The normalized spacial score (nSPS) is 20.7. The highest BCUT2D eigenvalue weighted by Crippen LogP contribution is 2.35. The van der Waals surface area contributed by atoms with Gasteiger partial charge < -0.3 is 15.0 Å². The molecule has 0 radical (unpaired) electrons. The number of fused-ring (bicyclic) bond motifs is 1. The molecule has 26 heavy (non-hydrogen) atoms. The molecule has 1 fully saturated rings. The number of imidazole rings is 1. The molecule has 3 aromatic rings. The summed E-state index contributed by atoms with van der Waals surface area (Å²) in [6, 6.07) is 6.35. The van der Waals surface area contributed by atoms with Gasteiger partial charge in [-0.1, -0.05) is 11.6 Å². The number of rotatable bonds is 5. The van der Waals surface area contributed by atoms with E-state index in [-0.39, 0.29) is 12.1 Å². The Hall–Kier alpha value is -1.40. The number of aliphatic hydroxyl groups excluding tert-OH is 1. The largest absolute Gasteiger partial charge is 0.392 e. The Balaban J connectivity index is 1.59. The number of aliphatic hydroxyl groups is 1. The highest BCUT2D eigenvalue weighted by molar-refractivity contribution is 7.10. The maximum atomic E-state index is 10.1. The molecule has 1 aromatic carbocycles. The number of hydrogen-bond donors (Lipinski definition) is 2. The van der Waals surface area contributed by atoms with Gasteiger partial charge >= 0.3 is 0 Å². The summed E-state index contributed by atoms with van der Waals surface area (Å²) >= 11 is 8.09. The number of hydrogen-bond acceptors (Lipinski definition) is 4. The highest BCUT2D eigenvalue weighted by atomic mass is 35.5. The summed E-state index contributed by atoms with van der Waals surface area (Å²) in [6.07, 6.45) is 5.65. The molecule has 0 aliphatic carbocycles. The summed E-state index contributed by atoms with van der Waals surface area (Å²) in [5, 5.41) is 16.4. The van der Waals surface area contributed by atoms with E-state index >= 15 is 0 Å². The van der Waals surface area contributed by atoms with Gasteiger partial charge in [-0.2, -0.15) is 0 Å². The van der Waals surface area contributed by atoms with Crippen molar-refractivity contribution in [2.45, 2.75) is 51.3 Å². The van der Waals surface area contributed by atoms with E-state index in [1.807, 2.05) is 18.5 Å². The molecule has 1 aliphatic heterocycles. The van der Waals surface area contributed by atoms with Gasteiger partial charge in [-0.05, 0) is 68.3 Å². The third-order valence-electron chi connectivity index (χ3n) is 5.29. The summed E-state index contributed by atoms with van der Waals surface area (Å²) in [5.74, 6) is 0. The van der Waals surface area contributed by atoms with Crippen molar-refractivity contribution >= 4 is 34.0 Å². The van der Waals surface area contributed by atoms with Crippen molar-refractivity contribution in [3.05, 3.63) is 39.8 Å². The van der Waals surface area contributed by atoms with Gasteiger partial charge in [0.15, 0.2) is 0 Å². The molecular formula is C20H24ClN3OS. The Labute approximate surface area is 162 Å². The third kappa shape index (κ3) is 3.54. The van der Waals surface area contributed by atoms with Crippen LogP contribution in [0.25, 0.3) is 22.2 Å². The Morgan fingerprint density at radius 2 is 2.27 bits per heavy atom. The zero-order valence-corrected chi connectivity index (χ0v) is 16.5. The fraction of sp³-hybridized carbons (Fsp3) is 0.450. The lowest BCUT2D eigenvalue weighted by molar-refractivity contribution is 0.0909. The van der Waals surface area contributed by atoms with E-state index in [2.05, 4.69) is 33.2 Å². The fourth-order valence-electron chi connectivity index (χ4n) is 3.93. The Kier molecular flexibility index (Phi) is 5.32. The van der Waals surface area contributed by atoms with Crippen LogP contribution in [0.2, 0.25) is 5.02 Å². The monoisotopic (exact) mass is 389 g/mol. The van der Waals surface area contributed by atoms with Gasteiger partial charge in [-0.15, -0.1) is 11.3 Å². The lowest BCUT2D eigenvalue weighted by Gasteiger charge is -2.29. The first-order valence-electron chi connectivity index (χ1n) is 9.24. The van der Waals surface area contributed by atoms with Gasteiger partial charge in [0.2, 0.25) is 0 Å². The van der Waals surface area contributed by atoms with Crippen LogP contribution in [0.15, 0.2) is 29.9 Å². The molecule has 0 saturated carbocycles. The fourth-order valence-corrected chi connectivity index (χ4v) is 4.85. The molecule has 0 unspecified atom stereocenters. The van der Waals surface area contributed by atoms with Crippen LogP contribution in [0, 0.1) is 6.92 Å². The van der Waals surface area contributed by atoms with Crippen molar-refractivity contribution in [2.24, 2.45) is 0 Å². The smallest absolute Gasteiger partial charge is 0.0958 e. The summed E-state index contributed by atoms with van der Waals surface area (Å²) in [4.78, 5) is 5.86. The van der Waals surface area contributed by atoms with Gasteiger partial charge in [0.25, 0.3) is 0 Å². The van der Waals surface area contributed by atoms with Crippen LogP contribution in [0.1, 0.15) is 30.6 Å². The van der Waals surface area contributed by atoms with E-state index in [0.29, 0.717) is 0 Å². The van der Waals surface area contributed by atoms with Crippen molar-refractivity contribution in [3.63, 3.8) is 0 Å². The second-order valence-corrected chi connectivity index (χ2v) is 8.62. The number of halogens is 1.